The van der Waals surface area contributed by atoms with E-state index in [-0.39, 0.29) is 6.04 Å². The summed E-state index contributed by atoms with van der Waals surface area (Å²) in [5, 5.41) is 7.40. The van der Waals surface area contributed by atoms with Crippen molar-refractivity contribution in [1.29, 1.82) is 0 Å². The molecule has 0 aliphatic rings. The molecule has 0 atom stereocenters. The summed E-state index contributed by atoms with van der Waals surface area (Å²) in [6.07, 6.45) is -3.17. The van der Waals surface area contributed by atoms with Gasteiger partial charge in [0.2, 0.25) is 0 Å². The quantitative estimate of drug-likeness (QED) is 0.781. The highest BCUT2D eigenvalue weighted by molar-refractivity contribution is 6.89. The van der Waals surface area contributed by atoms with Crippen LogP contribution in [0.4, 0.5) is 13.2 Å². The maximum absolute atomic E-state index is 12.0. The highest BCUT2D eigenvalue weighted by Crippen LogP contribution is 2.25. The van der Waals surface area contributed by atoms with Crippen molar-refractivity contribution in [2.75, 3.05) is 0 Å². The second kappa shape index (κ2) is 3.76. The van der Waals surface area contributed by atoms with Gasteiger partial charge in [-0.2, -0.15) is 18.3 Å². The fourth-order valence-corrected chi connectivity index (χ4v) is 3.29. The molecule has 6 heteroatoms. The summed E-state index contributed by atoms with van der Waals surface area (Å²) in [6, 6.07) is 1.97. The molecule has 0 bridgehead atoms. The van der Waals surface area contributed by atoms with Gasteiger partial charge in [0.25, 0.3) is 0 Å². The third-order valence-electron chi connectivity index (χ3n) is 2.26. The average molecular weight is 222 g/mol. The number of nitrogens with zero attached hydrogens (tertiary/aromatic N) is 1. The Morgan fingerprint density at radius 3 is 2.50 bits per heavy atom. The molecule has 0 saturated heterocycles. The van der Waals surface area contributed by atoms with Gasteiger partial charge in [-0.15, -0.1) is 0 Å². The maximum atomic E-state index is 12.0. The molecule has 0 amide bonds. The SMILES string of the molecule is C[Si](C)(CCC(F)(F)F)c1ccn[nH]1. The number of H-pyrrole nitrogens is 1. The van der Waals surface area contributed by atoms with Crippen molar-refractivity contribution in [3.63, 3.8) is 0 Å². The number of hydrogen-bond acceptors (Lipinski definition) is 1. The van der Waals surface area contributed by atoms with Crippen LogP contribution in [0.15, 0.2) is 12.3 Å². The van der Waals surface area contributed by atoms with Gasteiger partial charge in [-0.3, -0.25) is 5.10 Å². The monoisotopic (exact) mass is 222 g/mol. The minimum Gasteiger partial charge on any atom is -0.287 e. The third-order valence-corrected chi connectivity index (χ3v) is 5.50. The van der Waals surface area contributed by atoms with Crippen molar-refractivity contribution in [3.05, 3.63) is 12.3 Å². The number of nitrogens with one attached hydrogen (secondary N) is 1. The first-order valence-electron chi connectivity index (χ1n) is 4.38. The van der Waals surface area contributed by atoms with Crippen LogP contribution in [-0.4, -0.2) is 24.4 Å². The molecule has 0 fully saturated rings. The molecule has 1 rings (SSSR count). The number of rotatable bonds is 3. The van der Waals surface area contributed by atoms with Gasteiger partial charge in [-0.25, -0.2) is 0 Å². The first-order valence-corrected chi connectivity index (χ1v) is 7.58. The number of alkyl halides is 3. The van der Waals surface area contributed by atoms with Crippen molar-refractivity contribution in [1.82, 2.24) is 10.2 Å². The molecule has 0 aliphatic heterocycles. The Morgan fingerprint density at radius 1 is 1.43 bits per heavy atom. The van der Waals surface area contributed by atoms with Crippen molar-refractivity contribution in [3.8, 4) is 0 Å². The van der Waals surface area contributed by atoms with E-state index in [1.807, 2.05) is 13.1 Å². The molecule has 1 aromatic rings. The summed E-state index contributed by atoms with van der Waals surface area (Å²) in [7, 11) is -1.98. The fraction of sp³-hybridized carbons (Fsp3) is 0.625. The van der Waals surface area contributed by atoms with Crippen LogP contribution >= 0.6 is 0 Å². The van der Waals surface area contributed by atoms with Crippen molar-refractivity contribution in [2.24, 2.45) is 0 Å². The van der Waals surface area contributed by atoms with E-state index >= 15 is 0 Å². The molecular weight excluding hydrogens is 209 g/mol. The van der Waals surface area contributed by atoms with Crippen LogP contribution < -0.4 is 5.32 Å². The minimum atomic E-state index is -4.05. The summed E-state index contributed by atoms with van der Waals surface area (Å²) in [4.78, 5) is 0. The summed E-state index contributed by atoms with van der Waals surface area (Å²) in [5.41, 5.74) is 0. The lowest BCUT2D eigenvalue weighted by molar-refractivity contribution is -0.130. The fourth-order valence-electron chi connectivity index (χ4n) is 1.22. The van der Waals surface area contributed by atoms with Gasteiger partial charge >= 0.3 is 6.18 Å². The van der Waals surface area contributed by atoms with Crippen molar-refractivity contribution >= 4 is 13.4 Å². The smallest absolute Gasteiger partial charge is 0.287 e. The second-order valence-electron chi connectivity index (χ2n) is 3.97. The van der Waals surface area contributed by atoms with Crippen LogP contribution in [0.3, 0.4) is 0 Å². The molecule has 2 nitrogen and oxygen atoms in total. The average Bonchev–Trinajstić information content (AvgIpc) is 2.52. The lowest BCUT2D eigenvalue weighted by Gasteiger charge is -2.20. The standard InChI is InChI=1S/C8H13F3N2Si/c1-14(2,6-4-8(9,10)11)7-3-5-12-13-7/h3,5H,4,6H2,1-2H3,(H,12,13). The first kappa shape index (κ1) is 11.3. The predicted molar refractivity (Wildman–Crippen MR) is 51.2 cm³/mol. The molecule has 80 valence electrons. The van der Waals surface area contributed by atoms with E-state index in [1.54, 1.807) is 12.3 Å². The highest BCUT2D eigenvalue weighted by Gasteiger charge is 2.33. The predicted octanol–water partition coefficient (Wildman–Crippen LogP) is 2.28. The summed E-state index contributed by atoms with van der Waals surface area (Å²) < 4.78 is 36.1. The molecule has 1 heterocycles. The number of aromatic nitrogens is 2. The summed E-state index contributed by atoms with van der Waals surface area (Å²) in [6.45, 7) is 3.82. The molecule has 1 aromatic heterocycles. The minimum absolute atomic E-state index is 0.207. The number of hydrogen-bond donors (Lipinski definition) is 1. The van der Waals surface area contributed by atoms with E-state index in [0.29, 0.717) is 0 Å². The number of halogens is 3. The molecule has 0 aromatic carbocycles. The lowest BCUT2D eigenvalue weighted by Crippen LogP contribution is -2.43. The molecule has 14 heavy (non-hydrogen) atoms. The van der Waals surface area contributed by atoms with Crippen LogP contribution in [0.2, 0.25) is 19.1 Å². The van der Waals surface area contributed by atoms with E-state index in [4.69, 9.17) is 0 Å². The largest absolute Gasteiger partial charge is 0.388 e. The van der Waals surface area contributed by atoms with E-state index in [2.05, 4.69) is 10.2 Å². The Kier molecular flexibility index (Phi) is 3.03. The molecule has 0 radical (unpaired) electrons. The normalized spacial score (nSPS) is 13.2. The van der Waals surface area contributed by atoms with Gasteiger partial charge in [-0.1, -0.05) is 13.1 Å². The van der Waals surface area contributed by atoms with Gasteiger partial charge in [0.15, 0.2) is 0 Å². The Bertz CT molecular complexity index is 279. The van der Waals surface area contributed by atoms with Crippen molar-refractivity contribution < 1.29 is 13.2 Å². The van der Waals surface area contributed by atoms with Crippen LogP contribution in [0.25, 0.3) is 0 Å². The molecule has 1 N–H and O–H groups in total. The second-order valence-corrected chi connectivity index (χ2v) is 8.78. The van der Waals surface area contributed by atoms with Gasteiger partial charge in [0.1, 0.15) is 8.07 Å². The zero-order chi connectivity index (χ0) is 10.8. The number of aromatic amines is 1. The molecule has 0 aliphatic carbocycles. The van der Waals surface area contributed by atoms with Crippen LogP contribution in [0.5, 0.6) is 0 Å². The molecule has 0 saturated carbocycles. The highest BCUT2D eigenvalue weighted by atomic mass is 28.3. The topological polar surface area (TPSA) is 28.7 Å². The van der Waals surface area contributed by atoms with E-state index in [0.717, 1.165) is 5.32 Å². The maximum Gasteiger partial charge on any atom is 0.388 e. The van der Waals surface area contributed by atoms with Gasteiger partial charge in [0, 0.05) is 17.9 Å². The Balaban J connectivity index is 2.59. The van der Waals surface area contributed by atoms with Gasteiger partial charge in [-0.05, 0) is 12.1 Å². The summed E-state index contributed by atoms with van der Waals surface area (Å²) >= 11 is 0. The van der Waals surface area contributed by atoms with Crippen LogP contribution in [-0.2, 0) is 0 Å². The zero-order valence-electron chi connectivity index (χ0n) is 8.15. The molecular formula is C8H13F3N2Si. The zero-order valence-corrected chi connectivity index (χ0v) is 9.15. The molecule has 0 unspecified atom stereocenters. The first-order chi connectivity index (χ1) is 6.31. The Morgan fingerprint density at radius 2 is 2.07 bits per heavy atom. The van der Waals surface area contributed by atoms with Gasteiger partial charge < -0.3 is 0 Å². The summed E-state index contributed by atoms with van der Waals surface area (Å²) in [5.74, 6) is 0. The Labute approximate surface area is 81.5 Å². The van der Waals surface area contributed by atoms with Crippen LogP contribution in [0, 0.1) is 0 Å². The van der Waals surface area contributed by atoms with E-state index in [1.165, 1.54) is 0 Å². The van der Waals surface area contributed by atoms with Crippen molar-refractivity contribution in [2.45, 2.75) is 31.7 Å². The van der Waals surface area contributed by atoms with Crippen LogP contribution in [0.1, 0.15) is 6.42 Å². The van der Waals surface area contributed by atoms with Gasteiger partial charge in [0.05, 0.1) is 0 Å². The van der Waals surface area contributed by atoms with E-state index in [9.17, 15) is 13.2 Å². The Hall–Kier alpha value is -0.783. The third kappa shape index (κ3) is 3.17. The lowest BCUT2D eigenvalue weighted by atomic mass is 10.5. The molecule has 0 spiro atoms. The van der Waals surface area contributed by atoms with E-state index < -0.39 is 20.7 Å².